The van der Waals surface area contributed by atoms with Gasteiger partial charge in [-0.3, -0.25) is 24.3 Å². The second-order valence-electron chi connectivity index (χ2n) is 10.3. The smallest absolute Gasteiger partial charge is 0.412 e. The molecule has 2 N–H and O–H groups in total. The first-order valence-corrected chi connectivity index (χ1v) is 13.5. The molecule has 0 saturated heterocycles. The molecule has 0 fully saturated rings. The molecular weight excluding hydrogens is 559 g/mol. The first-order valence-electron chi connectivity index (χ1n) is 13.5. The van der Waals surface area contributed by atoms with Crippen LogP contribution in [0.25, 0.3) is 11.4 Å². The Labute approximate surface area is 246 Å². The van der Waals surface area contributed by atoms with Crippen molar-refractivity contribution < 1.29 is 27.9 Å². The molecule has 224 valence electrons. The molecule has 0 saturated carbocycles. The van der Waals surface area contributed by atoms with Gasteiger partial charge < -0.3 is 14.5 Å². The van der Waals surface area contributed by atoms with E-state index in [9.17, 15) is 23.6 Å². The molecule has 4 aromatic rings. The molecule has 2 heterocycles. The zero-order valence-corrected chi connectivity index (χ0v) is 24.0. The van der Waals surface area contributed by atoms with E-state index in [-0.39, 0.29) is 41.7 Å². The predicted octanol–water partition coefficient (Wildman–Crippen LogP) is 4.33. The van der Waals surface area contributed by atoms with E-state index in [2.05, 4.69) is 25.8 Å². The number of ether oxygens (including phenoxy) is 1. The molecule has 0 unspecified atom stereocenters. The Morgan fingerprint density at radius 1 is 1.00 bits per heavy atom. The monoisotopic (exact) mass is 590 g/mol. The van der Waals surface area contributed by atoms with Crippen LogP contribution in [-0.4, -0.2) is 43.6 Å². The minimum Gasteiger partial charge on any atom is -0.444 e. The lowest BCUT2D eigenvalue weighted by molar-refractivity contribution is -0.122. The zero-order valence-electron chi connectivity index (χ0n) is 24.0. The number of nitrogens with one attached hydrogen (secondary N) is 2. The first-order chi connectivity index (χ1) is 20.5. The van der Waals surface area contributed by atoms with Gasteiger partial charge in [0.1, 0.15) is 30.5 Å². The van der Waals surface area contributed by atoms with Crippen molar-refractivity contribution in [2.75, 3.05) is 5.32 Å². The van der Waals surface area contributed by atoms with E-state index >= 15 is 0 Å². The lowest BCUT2D eigenvalue weighted by atomic mass is 9.99. The van der Waals surface area contributed by atoms with Crippen LogP contribution >= 0.6 is 0 Å². The summed E-state index contributed by atoms with van der Waals surface area (Å²) in [5.74, 6) is -2.18. The van der Waals surface area contributed by atoms with Gasteiger partial charge in [0.2, 0.25) is 17.6 Å². The van der Waals surface area contributed by atoms with Crippen molar-refractivity contribution in [2.24, 2.45) is 5.92 Å². The molecule has 0 spiro atoms. The van der Waals surface area contributed by atoms with Crippen LogP contribution in [-0.2, 0) is 22.7 Å². The Morgan fingerprint density at radius 3 is 2.33 bits per heavy atom. The number of hydrogen-bond donors (Lipinski definition) is 2. The van der Waals surface area contributed by atoms with E-state index in [0.29, 0.717) is 5.56 Å². The van der Waals surface area contributed by atoms with Crippen molar-refractivity contribution in [2.45, 2.75) is 52.8 Å². The Morgan fingerprint density at radius 2 is 1.70 bits per heavy atom. The van der Waals surface area contributed by atoms with Crippen LogP contribution in [0.5, 0.6) is 0 Å². The lowest BCUT2D eigenvalue weighted by Crippen LogP contribution is -2.46. The third kappa shape index (κ3) is 7.76. The Bertz CT molecular complexity index is 1650. The van der Waals surface area contributed by atoms with E-state index in [1.54, 1.807) is 38.1 Å². The predicted molar refractivity (Wildman–Crippen MR) is 154 cm³/mol. The summed E-state index contributed by atoms with van der Waals surface area (Å²) in [5, 5.41) is 12.7. The summed E-state index contributed by atoms with van der Waals surface area (Å²) in [6.07, 6.45) is 0.223. The van der Waals surface area contributed by atoms with Gasteiger partial charge in [0, 0.05) is 11.5 Å². The van der Waals surface area contributed by atoms with E-state index in [1.165, 1.54) is 24.3 Å². The second kappa shape index (κ2) is 13.6. The van der Waals surface area contributed by atoms with Gasteiger partial charge in [-0.2, -0.15) is 0 Å². The maximum absolute atomic E-state index is 13.6. The number of halogens is 1. The highest BCUT2D eigenvalue weighted by Gasteiger charge is 2.30. The third-order valence-corrected chi connectivity index (χ3v) is 6.31. The van der Waals surface area contributed by atoms with Crippen molar-refractivity contribution in [1.29, 1.82) is 0 Å². The van der Waals surface area contributed by atoms with Gasteiger partial charge >= 0.3 is 6.09 Å². The summed E-state index contributed by atoms with van der Waals surface area (Å²) >= 11 is 0. The average molecular weight is 591 g/mol. The van der Waals surface area contributed by atoms with Crippen molar-refractivity contribution >= 4 is 23.5 Å². The highest BCUT2D eigenvalue weighted by atomic mass is 19.1. The number of hydrogen-bond acceptors (Lipinski definition) is 9. The quantitative estimate of drug-likeness (QED) is 0.243. The minimum absolute atomic E-state index is 0.0340. The van der Waals surface area contributed by atoms with Crippen LogP contribution in [0.2, 0.25) is 0 Å². The summed E-state index contributed by atoms with van der Waals surface area (Å²) in [6.45, 7) is 6.51. The van der Waals surface area contributed by atoms with Gasteiger partial charge in [-0.05, 0) is 35.7 Å². The molecule has 1 atom stereocenters. The van der Waals surface area contributed by atoms with Gasteiger partial charge in [-0.15, -0.1) is 10.2 Å². The van der Waals surface area contributed by atoms with Crippen molar-refractivity contribution in [1.82, 2.24) is 25.1 Å². The van der Waals surface area contributed by atoms with Crippen molar-refractivity contribution in [3.05, 3.63) is 94.3 Å². The van der Waals surface area contributed by atoms with E-state index in [1.807, 2.05) is 19.9 Å². The highest BCUT2D eigenvalue weighted by Crippen LogP contribution is 2.19. The molecule has 43 heavy (non-hydrogen) atoms. The fraction of sp³-hybridized carbons (Fsp3) is 0.300. The number of nitrogens with zero attached hydrogens (tertiary/aromatic N) is 4. The number of carbonyl (C=O) groups is 3. The first kappa shape index (κ1) is 30.8. The molecule has 12 nitrogen and oxygen atoms in total. The fourth-order valence-corrected chi connectivity index (χ4v) is 4.02. The van der Waals surface area contributed by atoms with Crippen LogP contribution in [0.4, 0.5) is 14.9 Å². The minimum atomic E-state index is -1.04. The van der Waals surface area contributed by atoms with Crippen LogP contribution in [0, 0.1) is 11.7 Å². The molecule has 0 aliphatic carbocycles. The van der Waals surface area contributed by atoms with Crippen molar-refractivity contribution in [3.8, 4) is 11.4 Å². The van der Waals surface area contributed by atoms with Crippen molar-refractivity contribution in [3.63, 3.8) is 0 Å². The van der Waals surface area contributed by atoms with Gasteiger partial charge in [-0.25, -0.2) is 14.2 Å². The topological polar surface area (TPSA) is 158 Å². The largest absolute Gasteiger partial charge is 0.444 e. The van der Waals surface area contributed by atoms with Gasteiger partial charge in [0.25, 0.3) is 11.4 Å². The van der Waals surface area contributed by atoms with Gasteiger partial charge in [0.15, 0.2) is 0 Å². The third-order valence-electron chi connectivity index (χ3n) is 6.31. The van der Waals surface area contributed by atoms with E-state index in [0.717, 1.165) is 16.3 Å². The SMILES string of the molecule is CC(C)c1nnc(C(=O)[C@@H](NC(=O)Cn2c(-c3ccc(F)cc3)ncc(NC(=O)OCc3ccccc3)c2=O)C(C)C)o1. The standard InChI is InChI=1S/C30H31FN6O6/c1-17(2)24(25(39)28-36-35-27(43-28)18(3)4)34-23(38)15-37-26(20-10-12-21(31)13-11-20)32-14-22(29(37)40)33-30(41)42-16-19-8-6-5-7-9-19/h5-14,17-18,24H,15-16H2,1-4H3,(H,33,41)(H,34,38)/t24-/m0/s1. The van der Waals surface area contributed by atoms with E-state index < -0.39 is 41.7 Å². The number of amides is 2. The molecular formula is C30H31FN6O6. The van der Waals surface area contributed by atoms with Crippen LogP contribution in [0.1, 0.15) is 55.8 Å². The lowest BCUT2D eigenvalue weighted by Gasteiger charge is -2.21. The highest BCUT2D eigenvalue weighted by molar-refractivity contribution is 5.98. The number of carbonyl (C=O) groups excluding carboxylic acids is 3. The Kier molecular flexibility index (Phi) is 9.76. The number of Topliss-reactive ketones (excluding diaryl/α,β-unsaturated/α-hetero) is 1. The Balaban J connectivity index is 1.58. The van der Waals surface area contributed by atoms with Crippen LogP contribution in [0.3, 0.4) is 0 Å². The molecule has 2 aromatic heterocycles. The summed E-state index contributed by atoms with van der Waals surface area (Å²) in [4.78, 5) is 56.7. The number of anilines is 1. The maximum Gasteiger partial charge on any atom is 0.412 e. The molecule has 2 amide bonds. The maximum atomic E-state index is 13.6. The summed E-state index contributed by atoms with van der Waals surface area (Å²) in [7, 11) is 0. The summed E-state index contributed by atoms with van der Waals surface area (Å²) in [6, 6.07) is 13.1. The molecule has 4 rings (SSSR count). The Hall–Kier alpha value is -5.20. The van der Waals surface area contributed by atoms with Crippen LogP contribution in [0.15, 0.2) is 70.0 Å². The van der Waals surface area contributed by atoms with Gasteiger partial charge in [0.05, 0.1) is 12.2 Å². The van der Waals surface area contributed by atoms with Gasteiger partial charge in [-0.1, -0.05) is 58.0 Å². The molecule has 0 bridgehead atoms. The fourth-order valence-electron chi connectivity index (χ4n) is 4.02. The molecule has 0 aliphatic heterocycles. The normalized spacial score (nSPS) is 11.8. The molecule has 0 aliphatic rings. The number of aromatic nitrogens is 4. The number of ketones is 1. The number of benzene rings is 2. The second-order valence-corrected chi connectivity index (χ2v) is 10.3. The molecule has 0 radical (unpaired) electrons. The molecule has 13 heteroatoms. The summed E-state index contributed by atoms with van der Waals surface area (Å²) in [5.41, 5.74) is 0.0621. The number of rotatable bonds is 11. The average Bonchev–Trinajstić information content (AvgIpc) is 3.49. The van der Waals surface area contributed by atoms with E-state index in [4.69, 9.17) is 9.15 Å². The molecule has 2 aromatic carbocycles. The zero-order chi connectivity index (χ0) is 31.1. The van der Waals surface area contributed by atoms with Crippen LogP contribution < -0.4 is 16.2 Å². The summed E-state index contributed by atoms with van der Waals surface area (Å²) < 4.78 is 25.3.